The third-order valence-electron chi connectivity index (χ3n) is 5.43. The van der Waals surface area contributed by atoms with Crippen molar-refractivity contribution in [2.75, 3.05) is 26.2 Å². The fraction of sp³-hybridized carbons (Fsp3) is 0.429. The summed E-state index contributed by atoms with van der Waals surface area (Å²) < 4.78 is 13.0. The van der Waals surface area contributed by atoms with E-state index < -0.39 is 0 Å². The standard InChI is InChI=1S/C21H24FN3OS/c22-17-6-8-19(9-7-17)27-20-10-5-16(15-23-20)21(26)25-12-2-11-24(13-14-25)18-3-1-4-18/h5-10,15,18H,1-4,11-14H2. The van der Waals surface area contributed by atoms with Gasteiger partial charge in [-0.3, -0.25) is 9.69 Å². The SMILES string of the molecule is O=C(c1ccc(Sc2ccc(F)cc2)nc1)N1CCCN(C2CCC2)CC1. The molecular weight excluding hydrogens is 361 g/mol. The first-order valence-electron chi connectivity index (χ1n) is 9.62. The molecule has 0 spiro atoms. The van der Waals surface area contributed by atoms with Gasteiger partial charge < -0.3 is 4.90 Å². The average Bonchev–Trinajstić information content (AvgIpc) is 2.88. The lowest BCUT2D eigenvalue weighted by atomic mass is 9.91. The van der Waals surface area contributed by atoms with E-state index in [2.05, 4.69) is 9.88 Å². The van der Waals surface area contributed by atoms with Crippen LogP contribution in [0.15, 0.2) is 52.5 Å². The molecular formula is C21H24FN3OS. The van der Waals surface area contributed by atoms with Gasteiger partial charge in [-0.25, -0.2) is 9.37 Å². The van der Waals surface area contributed by atoms with Crippen molar-refractivity contribution in [3.05, 3.63) is 54.0 Å². The maximum Gasteiger partial charge on any atom is 0.255 e. The number of amides is 1. The molecule has 2 aliphatic rings. The Labute approximate surface area is 163 Å². The molecule has 2 fully saturated rings. The number of benzene rings is 1. The van der Waals surface area contributed by atoms with E-state index in [0.29, 0.717) is 5.56 Å². The van der Waals surface area contributed by atoms with Crippen LogP contribution in [0.3, 0.4) is 0 Å². The fourth-order valence-electron chi connectivity index (χ4n) is 3.63. The molecule has 1 saturated heterocycles. The Morgan fingerprint density at radius 1 is 1.00 bits per heavy atom. The van der Waals surface area contributed by atoms with Crippen LogP contribution in [0, 0.1) is 5.82 Å². The summed E-state index contributed by atoms with van der Waals surface area (Å²) in [5, 5.41) is 0.796. The summed E-state index contributed by atoms with van der Waals surface area (Å²) >= 11 is 1.46. The molecule has 1 aliphatic heterocycles. The quantitative estimate of drug-likeness (QED) is 0.795. The van der Waals surface area contributed by atoms with Crippen LogP contribution < -0.4 is 0 Å². The van der Waals surface area contributed by atoms with Crippen LogP contribution in [0.25, 0.3) is 0 Å². The summed E-state index contributed by atoms with van der Waals surface area (Å²) in [5.41, 5.74) is 0.635. The predicted molar refractivity (Wildman–Crippen MR) is 104 cm³/mol. The highest BCUT2D eigenvalue weighted by atomic mass is 32.2. The molecule has 0 N–H and O–H groups in total. The van der Waals surface area contributed by atoms with Crippen LogP contribution >= 0.6 is 11.8 Å². The summed E-state index contributed by atoms with van der Waals surface area (Å²) in [6, 6.07) is 10.8. The van der Waals surface area contributed by atoms with Crippen LogP contribution in [0.5, 0.6) is 0 Å². The Hall–Kier alpha value is -1.92. The lowest BCUT2D eigenvalue weighted by Crippen LogP contribution is -2.42. The summed E-state index contributed by atoms with van der Waals surface area (Å²) in [6.07, 6.45) is 6.66. The first kappa shape index (κ1) is 18.4. The average molecular weight is 386 g/mol. The first-order chi connectivity index (χ1) is 13.2. The number of carbonyl (C=O) groups is 1. The smallest absolute Gasteiger partial charge is 0.255 e. The van der Waals surface area contributed by atoms with E-state index in [0.717, 1.165) is 48.6 Å². The van der Waals surface area contributed by atoms with E-state index in [1.807, 2.05) is 17.0 Å². The van der Waals surface area contributed by atoms with Gasteiger partial charge in [0.2, 0.25) is 0 Å². The Morgan fingerprint density at radius 3 is 2.48 bits per heavy atom. The van der Waals surface area contributed by atoms with Crippen LogP contribution in [-0.2, 0) is 0 Å². The van der Waals surface area contributed by atoms with Gasteiger partial charge in [0.25, 0.3) is 5.91 Å². The molecule has 0 unspecified atom stereocenters. The van der Waals surface area contributed by atoms with Gasteiger partial charge in [-0.1, -0.05) is 18.2 Å². The van der Waals surface area contributed by atoms with Crippen LogP contribution in [0.2, 0.25) is 0 Å². The third-order valence-corrected chi connectivity index (χ3v) is 6.39. The minimum atomic E-state index is -0.249. The normalized spacial score (nSPS) is 18.8. The molecule has 27 heavy (non-hydrogen) atoms. The number of hydrogen-bond acceptors (Lipinski definition) is 4. The molecule has 1 saturated carbocycles. The van der Waals surface area contributed by atoms with Crippen molar-refractivity contribution < 1.29 is 9.18 Å². The highest BCUT2D eigenvalue weighted by Gasteiger charge is 2.28. The van der Waals surface area contributed by atoms with Gasteiger partial charge >= 0.3 is 0 Å². The predicted octanol–water partition coefficient (Wildman–Crippen LogP) is 4.07. The second-order valence-corrected chi connectivity index (χ2v) is 8.30. The molecule has 4 nitrogen and oxygen atoms in total. The summed E-state index contributed by atoms with van der Waals surface area (Å²) in [4.78, 5) is 22.7. The van der Waals surface area contributed by atoms with Gasteiger partial charge in [0, 0.05) is 43.3 Å². The molecule has 6 heteroatoms. The van der Waals surface area contributed by atoms with E-state index in [-0.39, 0.29) is 11.7 Å². The topological polar surface area (TPSA) is 36.4 Å². The number of hydrogen-bond donors (Lipinski definition) is 0. The number of pyridine rings is 1. The van der Waals surface area contributed by atoms with Crippen molar-refractivity contribution in [3.8, 4) is 0 Å². The van der Waals surface area contributed by atoms with Crippen LogP contribution in [-0.4, -0.2) is 52.9 Å². The lowest BCUT2D eigenvalue weighted by molar-refractivity contribution is 0.0749. The van der Waals surface area contributed by atoms with Gasteiger partial charge in [-0.15, -0.1) is 0 Å². The zero-order valence-corrected chi connectivity index (χ0v) is 16.1. The number of carbonyl (C=O) groups excluding carboxylic acids is 1. The van der Waals surface area contributed by atoms with Crippen molar-refractivity contribution >= 4 is 17.7 Å². The third kappa shape index (κ3) is 4.50. The molecule has 1 aromatic heterocycles. The molecule has 0 atom stereocenters. The molecule has 2 aromatic rings. The van der Waals surface area contributed by atoms with Gasteiger partial charge in [-0.2, -0.15) is 0 Å². The second-order valence-electron chi connectivity index (χ2n) is 7.21. The summed E-state index contributed by atoms with van der Waals surface area (Å²) in [7, 11) is 0. The Kier molecular flexibility index (Phi) is 5.74. The molecule has 4 rings (SSSR count). The minimum Gasteiger partial charge on any atom is -0.337 e. The molecule has 142 valence electrons. The second kappa shape index (κ2) is 8.40. The van der Waals surface area contributed by atoms with Crippen molar-refractivity contribution in [1.82, 2.24) is 14.8 Å². The van der Waals surface area contributed by atoms with Crippen molar-refractivity contribution in [3.63, 3.8) is 0 Å². The highest BCUT2D eigenvalue weighted by molar-refractivity contribution is 7.99. The number of aromatic nitrogens is 1. The fourth-order valence-corrected chi connectivity index (χ4v) is 4.39. The van der Waals surface area contributed by atoms with E-state index in [1.54, 1.807) is 18.3 Å². The van der Waals surface area contributed by atoms with Crippen molar-refractivity contribution in [2.45, 2.75) is 41.6 Å². The van der Waals surface area contributed by atoms with Crippen molar-refractivity contribution in [1.29, 1.82) is 0 Å². The zero-order valence-electron chi connectivity index (χ0n) is 15.3. The maximum absolute atomic E-state index is 13.0. The summed E-state index contributed by atoms with van der Waals surface area (Å²) in [6.45, 7) is 3.68. The summed E-state index contributed by atoms with van der Waals surface area (Å²) in [5.74, 6) is -0.183. The molecule has 0 bridgehead atoms. The van der Waals surface area contributed by atoms with E-state index >= 15 is 0 Å². The highest BCUT2D eigenvalue weighted by Crippen LogP contribution is 2.27. The van der Waals surface area contributed by atoms with Gasteiger partial charge in [0.15, 0.2) is 0 Å². The van der Waals surface area contributed by atoms with Crippen LogP contribution in [0.1, 0.15) is 36.0 Å². The minimum absolute atomic E-state index is 0.0660. The van der Waals surface area contributed by atoms with Gasteiger partial charge in [0.05, 0.1) is 5.56 Å². The monoisotopic (exact) mass is 385 g/mol. The number of rotatable bonds is 4. The van der Waals surface area contributed by atoms with Crippen molar-refractivity contribution in [2.24, 2.45) is 0 Å². The first-order valence-corrected chi connectivity index (χ1v) is 10.4. The largest absolute Gasteiger partial charge is 0.337 e. The maximum atomic E-state index is 13.0. The molecule has 1 amide bonds. The van der Waals surface area contributed by atoms with Crippen LogP contribution in [0.4, 0.5) is 4.39 Å². The number of nitrogens with zero attached hydrogens (tertiary/aromatic N) is 3. The molecule has 1 aliphatic carbocycles. The van der Waals surface area contributed by atoms with E-state index in [4.69, 9.17) is 0 Å². The number of halogens is 1. The zero-order chi connectivity index (χ0) is 18.6. The van der Waals surface area contributed by atoms with Gasteiger partial charge in [-0.05, 0) is 55.7 Å². The Bertz CT molecular complexity index is 777. The molecule has 2 heterocycles. The molecule has 0 radical (unpaired) electrons. The van der Waals surface area contributed by atoms with Gasteiger partial charge in [0.1, 0.15) is 10.8 Å². The Morgan fingerprint density at radius 2 is 1.81 bits per heavy atom. The van der Waals surface area contributed by atoms with E-state index in [1.165, 1.54) is 43.2 Å². The Balaban J connectivity index is 1.36. The lowest BCUT2D eigenvalue weighted by Gasteiger charge is -2.36. The molecule has 1 aromatic carbocycles. The van der Waals surface area contributed by atoms with E-state index in [9.17, 15) is 9.18 Å².